The summed E-state index contributed by atoms with van der Waals surface area (Å²) in [5, 5.41) is 12.9. The normalized spacial score (nSPS) is 23.3. The van der Waals surface area contributed by atoms with Crippen molar-refractivity contribution in [2.45, 2.75) is 57.3 Å². The van der Waals surface area contributed by atoms with Crippen LogP contribution in [-0.2, 0) is 23.9 Å². The largest absolute Gasteiger partial charge is 0.481 e. The van der Waals surface area contributed by atoms with Crippen LogP contribution < -0.4 is 5.32 Å². The third kappa shape index (κ3) is 3.73. The Balaban J connectivity index is 1.42. The number of pyridine rings is 1. The van der Waals surface area contributed by atoms with Gasteiger partial charge in [-0.2, -0.15) is 13.2 Å². The Morgan fingerprint density at radius 3 is 2.41 bits per heavy atom. The van der Waals surface area contributed by atoms with Crippen molar-refractivity contribution in [3.05, 3.63) is 65.0 Å². The minimum absolute atomic E-state index is 0.126. The second-order valence-corrected chi connectivity index (χ2v) is 9.70. The molecule has 3 aliphatic rings. The lowest BCUT2D eigenvalue weighted by atomic mass is 9.38. The second kappa shape index (κ2) is 7.58. The number of hydrogen-bond donors (Lipinski definition) is 2. The van der Waals surface area contributed by atoms with Crippen molar-refractivity contribution >= 4 is 22.9 Å². The molecule has 178 valence electrons. The number of carboxylic acid groups (broad SMARTS) is 1. The van der Waals surface area contributed by atoms with Crippen LogP contribution in [0.4, 0.5) is 13.2 Å². The van der Waals surface area contributed by atoms with E-state index in [9.17, 15) is 22.8 Å². The zero-order chi connectivity index (χ0) is 24.3. The Kier molecular flexibility index (Phi) is 5.00. The third-order valence-corrected chi connectivity index (χ3v) is 7.15. The molecule has 3 fully saturated rings. The Bertz CT molecular complexity index is 1270. The number of aliphatic carboxylic acids is 1. The van der Waals surface area contributed by atoms with Crippen molar-refractivity contribution in [1.29, 1.82) is 0 Å². The minimum Gasteiger partial charge on any atom is -0.481 e. The van der Waals surface area contributed by atoms with E-state index in [1.165, 1.54) is 12.1 Å². The molecule has 0 spiro atoms. The zero-order valence-electron chi connectivity index (χ0n) is 18.6. The zero-order valence-corrected chi connectivity index (χ0v) is 18.6. The highest BCUT2D eigenvalue weighted by atomic mass is 19.4. The van der Waals surface area contributed by atoms with Gasteiger partial charge in [0.15, 0.2) is 0 Å². The molecule has 6 rings (SSSR count). The van der Waals surface area contributed by atoms with Gasteiger partial charge in [-0.15, -0.1) is 0 Å². The fourth-order valence-electron chi connectivity index (χ4n) is 5.82. The Morgan fingerprint density at radius 1 is 1.15 bits per heavy atom. The first kappa shape index (κ1) is 22.4. The summed E-state index contributed by atoms with van der Waals surface area (Å²) in [5.74, 6) is -1.05. The summed E-state index contributed by atoms with van der Waals surface area (Å²) in [6.07, 6.45) is 1.51. The molecule has 6 nitrogen and oxygen atoms in total. The monoisotopic (exact) mass is 471 g/mol. The molecule has 2 bridgehead atoms. The van der Waals surface area contributed by atoms with Gasteiger partial charge in [-0.25, -0.2) is 4.98 Å². The lowest BCUT2D eigenvalue weighted by Gasteiger charge is -2.70. The lowest BCUT2D eigenvalue weighted by Crippen LogP contribution is -2.74. The molecule has 34 heavy (non-hydrogen) atoms. The number of benzene rings is 1. The van der Waals surface area contributed by atoms with Crippen LogP contribution in [0, 0.1) is 5.41 Å². The fraction of sp³-hybridized carbons (Fsp3) is 0.400. The van der Waals surface area contributed by atoms with Crippen molar-refractivity contribution in [2.24, 2.45) is 5.41 Å². The van der Waals surface area contributed by atoms with E-state index in [4.69, 9.17) is 5.11 Å². The Labute approximate surface area is 193 Å². The number of halogens is 3. The first-order valence-corrected chi connectivity index (χ1v) is 11.2. The molecule has 0 saturated heterocycles. The maximum Gasteiger partial charge on any atom is 0.416 e. The van der Waals surface area contributed by atoms with Crippen molar-refractivity contribution in [3.63, 3.8) is 0 Å². The minimum atomic E-state index is -4.39. The van der Waals surface area contributed by atoms with E-state index < -0.39 is 17.7 Å². The highest BCUT2D eigenvalue weighted by Gasteiger charge is 2.68. The van der Waals surface area contributed by atoms with Crippen LogP contribution in [0.2, 0.25) is 0 Å². The van der Waals surface area contributed by atoms with Gasteiger partial charge in [-0.1, -0.05) is 12.1 Å². The van der Waals surface area contributed by atoms with Gasteiger partial charge in [0.25, 0.3) is 5.91 Å². The number of aromatic nitrogens is 2. The molecule has 9 heteroatoms. The van der Waals surface area contributed by atoms with Gasteiger partial charge in [0, 0.05) is 29.9 Å². The summed E-state index contributed by atoms with van der Waals surface area (Å²) in [6, 6.07) is 6.83. The smallest absolute Gasteiger partial charge is 0.416 e. The molecule has 0 unspecified atom stereocenters. The summed E-state index contributed by atoms with van der Waals surface area (Å²) in [6.45, 7) is 2.55. The number of carboxylic acids is 1. The summed E-state index contributed by atoms with van der Waals surface area (Å²) in [4.78, 5) is 28.8. The van der Waals surface area contributed by atoms with Crippen LogP contribution in [0.3, 0.4) is 0 Å². The maximum atomic E-state index is 13.3. The first-order chi connectivity index (χ1) is 16.0. The van der Waals surface area contributed by atoms with Crippen LogP contribution in [0.1, 0.15) is 59.7 Å². The summed E-state index contributed by atoms with van der Waals surface area (Å²) < 4.78 is 40.6. The fourth-order valence-corrected chi connectivity index (χ4v) is 5.82. The number of rotatable bonds is 7. The summed E-state index contributed by atoms with van der Waals surface area (Å²) in [5.41, 5.74) is 1.40. The molecule has 0 atom stereocenters. The van der Waals surface area contributed by atoms with Gasteiger partial charge in [-0.05, 0) is 67.3 Å². The van der Waals surface area contributed by atoms with Gasteiger partial charge < -0.3 is 15.0 Å². The SMILES string of the molecule is CCn1cc(C(=O)NC23CC(CC(=O)O)(C2)C3)c2c(Cc3ccc(C(F)(F)F)cc3)ccnc21. The van der Waals surface area contributed by atoms with Crippen molar-refractivity contribution in [2.75, 3.05) is 0 Å². The Morgan fingerprint density at radius 2 is 1.82 bits per heavy atom. The molecule has 2 heterocycles. The predicted molar refractivity (Wildman–Crippen MR) is 118 cm³/mol. The van der Waals surface area contributed by atoms with Gasteiger partial charge in [0.2, 0.25) is 0 Å². The number of fused-ring (bicyclic) bond motifs is 1. The van der Waals surface area contributed by atoms with E-state index in [-0.39, 0.29) is 23.3 Å². The number of amides is 1. The molecule has 2 aromatic heterocycles. The highest BCUT2D eigenvalue weighted by Crippen LogP contribution is 2.69. The molecule has 2 N–H and O–H groups in total. The second-order valence-electron chi connectivity index (χ2n) is 9.70. The molecular formula is C25H24F3N3O3. The van der Waals surface area contributed by atoms with Gasteiger partial charge in [0.1, 0.15) is 5.65 Å². The number of carbonyl (C=O) groups excluding carboxylic acids is 1. The van der Waals surface area contributed by atoms with Crippen molar-refractivity contribution in [3.8, 4) is 0 Å². The summed E-state index contributed by atoms with van der Waals surface area (Å²) in [7, 11) is 0. The molecule has 3 saturated carbocycles. The van der Waals surface area contributed by atoms with Gasteiger partial charge in [0.05, 0.1) is 17.5 Å². The molecule has 1 aromatic carbocycles. The van der Waals surface area contributed by atoms with E-state index in [1.54, 1.807) is 18.5 Å². The van der Waals surface area contributed by atoms with Gasteiger partial charge >= 0.3 is 12.1 Å². The number of alkyl halides is 3. The lowest BCUT2D eigenvalue weighted by molar-refractivity contribution is -0.172. The molecule has 0 radical (unpaired) electrons. The third-order valence-electron chi connectivity index (χ3n) is 7.15. The quantitative estimate of drug-likeness (QED) is 0.519. The van der Waals surface area contributed by atoms with Crippen LogP contribution in [0.5, 0.6) is 0 Å². The van der Waals surface area contributed by atoms with Crippen LogP contribution in [0.25, 0.3) is 11.0 Å². The summed E-state index contributed by atoms with van der Waals surface area (Å²) >= 11 is 0. The van der Waals surface area contributed by atoms with Crippen LogP contribution in [0.15, 0.2) is 42.7 Å². The van der Waals surface area contributed by atoms with Crippen molar-refractivity contribution in [1.82, 2.24) is 14.9 Å². The topological polar surface area (TPSA) is 84.2 Å². The average molecular weight is 471 g/mol. The van der Waals surface area contributed by atoms with E-state index in [0.717, 1.165) is 17.7 Å². The Hall–Kier alpha value is -3.36. The number of carbonyl (C=O) groups is 2. The van der Waals surface area contributed by atoms with Crippen LogP contribution >= 0.6 is 0 Å². The van der Waals surface area contributed by atoms with Crippen LogP contribution in [-0.4, -0.2) is 32.1 Å². The maximum absolute atomic E-state index is 13.3. The number of aryl methyl sites for hydroxylation is 1. The molecule has 3 aromatic rings. The molecule has 0 aliphatic heterocycles. The average Bonchev–Trinajstić information content (AvgIpc) is 3.11. The number of nitrogens with zero attached hydrogens (tertiary/aromatic N) is 2. The molecular weight excluding hydrogens is 447 g/mol. The predicted octanol–water partition coefficient (Wildman–Crippen LogP) is 4.79. The standard InChI is InChI=1S/C25H24F3N3O3/c1-2-31-11-18(22(34)30-24-12-23(13-24,14-24)10-19(32)33)20-16(7-8-29-21(20)31)9-15-3-5-17(6-4-15)25(26,27)28/h3-8,11H,2,9-10,12-14H2,1H3,(H,30,34)(H,32,33). The van der Waals surface area contributed by atoms with Crippen molar-refractivity contribution < 1.29 is 27.9 Å². The van der Waals surface area contributed by atoms with E-state index in [0.29, 0.717) is 54.4 Å². The number of hydrogen-bond acceptors (Lipinski definition) is 3. The highest BCUT2D eigenvalue weighted by molar-refractivity contribution is 6.07. The first-order valence-electron chi connectivity index (χ1n) is 11.2. The number of nitrogens with one attached hydrogen (secondary N) is 1. The van der Waals surface area contributed by atoms with E-state index in [1.807, 2.05) is 11.5 Å². The molecule has 1 amide bonds. The van der Waals surface area contributed by atoms with Gasteiger partial charge in [-0.3, -0.25) is 9.59 Å². The van der Waals surface area contributed by atoms with E-state index >= 15 is 0 Å². The van der Waals surface area contributed by atoms with E-state index in [2.05, 4.69) is 10.3 Å². The molecule has 3 aliphatic carbocycles.